The summed E-state index contributed by atoms with van der Waals surface area (Å²) in [5.41, 5.74) is 2.32. The van der Waals surface area contributed by atoms with Gasteiger partial charge >= 0.3 is 5.97 Å². The molecule has 0 bridgehead atoms. The smallest absolute Gasteiger partial charge is 0.371 e. The Hall–Kier alpha value is -2.56. The molecule has 1 amide bonds. The molecule has 0 saturated heterocycles. The lowest BCUT2D eigenvalue weighted by molar-refractivity contribution is -0.121. The molecular formula is C16H17NO4. The number of aromatic carboxylic acids is 1. The van der Waals surface area contributed by atoms with Gasteiger partial charge in [0.2, 0.25) is 11.7 Å². The highest BCUT2D eigenvalue weighted by atomic mass is 16.4. The van der Waals surface area contributed by atoms with Gasteiger partial charge in [-0.1, -0.05) is 24.3 Å². The average molecular weight is 287 g/mol. The summed E-state index contributed by atoms with van der Waals surface area (Å²) in [6, 6.07) is 10.9. The Labute approximate surface area is 122 Å². The molecule has 0 radical (unpaired) electrons. The van der Waals surface area contributed by atoms with Crippen molar-refractivity contribution in [1.82, 2.24) is 5.32 Å². The lowest BCUT2D eigenvalue weighted by Gasteiger charge is -2.06. The van der Waals surface area contributed by atoms with E-state index in [-0.39, 0.29) is 18.2 Å². The molecule has 0 fully saturated rings. The number of hydrogen-bond donors (Lipinski definition) is 2. The summed E-state index contributed by atoms with van der Waals surface area (Å²) < 4.78 is 5.06. The third-order valence-electron chi connectivity index (χ3n) is 3.21. The summed E-state index contributed by atoms with van der Waals surface area (Å²) in [7, 11) is 0. The van der Waals surface area contributed by atoms with Crippen molar-refractivity contribution in [2.24, 2.45) is 0 Å². The molecule has 1 aromatic heterocycles. The van der Waals surface area contributed by atoms with Gasteiger partial charge in [-0.05, 0) is 36.6 Å². The van der Waals surface area contributed by atoms with Crippen LogP contribution in [0.1, 0.15) is 33.9 Å². The molecule has 0 aliphatic carbocycles. The van der Waals surface area contributed by atoms with Crippen LogP contribution in [0.4, 0.5) is 0 Å². The first-order valence-corrected chi connectivity index (χ1v) is 6.69. The number of carboxylic acids is 1. The highest BCUT2D eigenvalue weighted by Gasteiger charge is 2.10. The fourth-order valence-corrected chi connectivity index (χ4v) is 2.00. The zero-order valence-corrected chi connectivity index (χ0v) is 11.8. The van der Waals surface area contributed by atoms with Crippen molar-refractivity contribution in [2.45, 2.75) is 26.3 Å². The van der Waals surface area contributed by atoms with Gasteiger partial charge in [-0.3, -0.25) is 4.79 Å². The van der Waals surface area contributed by atoms with Gasteiger partial charge in [-0.15, -0.1) is 0 Å². The molecule has 2 rings (SSSR count). The number of carbonyl (C=O) groups excluding carboxylic acids is 1. The molecule has 0 aliphatic rings. The van der Waals surface area contributed by atoms with Gasteiger partial charge in [0.15, 0.2) is 0 Å². The van der Waals surface area contributed by atoms with Crippen LogP contribution in [0, 0.1) is 6.92 Å². The van der Waals surface area contributed by atoms with E-state index in [1.807, 2.05) is 31.2 Å². The number of furan rings is 1. The Balaban J connectivity index is 1.79. The molecule has 0 atom stereocenters. The van der Waals surface area contributed by atoms with Crippen molar-refractivity contribution in [2.75, 3.05) is 0 Å². The van der Waals surface area contributed by atoms with E-state index in [0.717, 1.165) is 5.56 Å². The van der Waals surface area contributed by atoms with Gasteiger partial charge < -0.3 is 14.8 Å². The molecule has 1 aromatic carbocycles. The minimum atomic E-state index is -1.12. The molecule has 5 heteroatoms. The first kappa shape index (κ1) is 14.8. The zero-order chi connectivity index (χ0) is 15.2. The van der Waals surface area contributed by atoms with Crippen LogP contribution in [-0.4, -0.2) is 17.0 Å². The Morgan fingerprint density at radius 3 is 2.62 bits per heavy atom. The van der Waals surface area contributed by atoms with Crippen LogP contribution in [0.25, 0.3) is 0 Å². The standard InChI is InChI=1S/C16H17NO4/c1-11-4-2-3-5-12(11)6-9-15(18)17-10-13-7-8-14(21-13)16(19)20/h2-5,7-8H,6,9-10H2,1H3,(H,17,18)(H,19,20). The van der Waals surface area contributed by atoms with Crippen molar-refractivity contribution in [1.29, 1.82) is 0 Å². The van der Waals surface area contributed by atoms with E-state index in [1.165, 1.54) is 11.6 Å². The lowest BCUT2D eigenvalue weighted by atomic mass is 10.0. The normalized spacial score (nSPS) is 10.3. The SMILES string of the molecule is Cc1ccccc1CCC(=O)NCc1ccc(C(=O)O)o1. The van der Waals surface area contributed by atoms with Crippen LogP contribution in [0.3, 0.4) is 0 Å². The van der Waals surface area contributed by atoms with E-state index >= 15 is 0 Å². The summed E-state index contributed by atoms with van der Waals surface area (Å²) in [5, 5.41) is 11.4. The van der Waals surface area contributed by atoms with Gasteiger partial charge in [0.25, 0.3) is 0 Å². The van der Waals surface area contributed by atoms with Crippen molar-refractivity contribution < 1.29 is 19.1 Å². The monoisotopic (exact) mass is 287 g/mol. The molecule has 2 N–H and O–H groups in total. The van der Waals surface area contributed by atoms with E-state index in [2.05, 4.69) is 5.32 Å². The van der Waals surface area contributed by atoms with Crippen LogP contribution in [0.2, 0.25) is 0 Å². The predicted molar refractivity (Wildman–Crippen MR) is 77.0 cm³/mol. The number of carboxylic acid groups (broad SMARTS) is 1. The van der Waals surface area contributed by atoms with Crippen molar-refractivity contribution in [3.63, 3.8) is 0 Å². The summed E-state index contributed by atoms with van der Waals surface area (Å²) in [5.74, 6) is -0.908. The first-order chi connectivity index (χ1) is 10.1. The van der Waals surface area contributed by atoms with E-state index in [9.17, 15) is 9.59 Å². The fourth-order valence-electron chi connectivity index (χ4n) is 2.00. The number of hydrogen-bond acceptors (Lipinski definition) is 3. The molecule has 5 nitrogen and oxygen atoms in total. The Morgan fingerprint density at radius 1 is 1.19 bits per heavy atom. The molecule has 0 unspecified atom stereocenters. The second-order valence-electron chi connectivity index (χ2n) is 4.77. The summed E-state index contributed by atoms with van der Waals surface area (Å²) in [4.78, 5) is 22.4. The molecule has 110 valence electrons. The number of aryl methyl sites for hydroxylation is 2. The quantitative estimate of drug-likeness (QED) is 0.855. The number of amides is 1. The van der Waals surface area contributed by atoms with E-state index < -0.39 is 5.97 Å². The lowest BCUT2D eigenvalue weighted by Crippen LogP contribution is -2.22. The van der Waals surface area contributed by atoms with Crippen LogP contribution in [-0.2, 0) is 17.8 Å². The Bertz CT molecular complexity index is 645. The van der Waals surface area contributed by atoms with E-state index in [1.54, 1.807) is 6.07 Å². The van der Waals surface area contributed by atoms with Crippen molar-refractivity contribution in [3.05, 3.63) is 59.0 Å². The van der Waals surface area contributed by atoms with Crippen LogP contribution in [0.5, 0.6) is 0 Å². The van der Waals surface area contributed by atoms with Gasteiger partial charge in [0.1, 0.15) is 5.76 Å². The zero-order valence-electron chi connectivity index (χ0n) is 11.8. The van der Waals surface area contributed by atoms with Crippen molar-refractivity contribution in [3.8, 4) is 0 Å². The third kappa shape index (κ3) is 4.21. The second kappa shape index (κ2) is 6.74. The maximum absolute atomic E-state index is 11.8. The fraction of sp³-hybridized carbons (Fsp3) is 0.250. The highest BCUT2D eigenvalue weighted by molar-refractivity contribution is 5.84. The molecule has 0 aliphatic heterocycles. The highest BCUT2D eigenvalue weighted by Crippen LogP contribution is 2.10. The molecule has 21 heavy (non-hydrogen) atoms. The molecule has 2 aromatic rings. The van der Waals surface area contributed by atoms with Crippen LogP contribution in [0.15, 0.2) is 40.8 Å². The maximum Gasteiger partial charge on any atom is 0.371 e. The minimum absolute atomic E-state index is 0.0912. The summed E-state index contributed by atoms with van der Waals surface area (Å²) in [6.07, 6.45) is 1.06. The molecule has 1 heterocycles. The molecular weight excluding hydrogens is 270 g/mol. The van der Waals surface area contributed by atoms with Crippen molar-refractivity contribution >= 4 is 11.9 Å². The van der Waals surface area contributed by atoms with E-state index in [4.69, 9.17) is 9.52 Å². The average Bonchev–Trinajstić information content (AvgIpc) is 2.93. The number of nitrogens with one attached hydrogen (secondary N) is 1. The van der Waals surface area contributed by atoms with Crippen LogP contribution >= 0.6 is 0 Å². The van der Waals surface area contributed by atoms with Gasteiger partial charge in [0, 0.05) is 6.42 Å². The van der Waals surface area contributed by atoms with Gasteiger partial charge in [-0.25, -0.2) is 4.79 Å². The summed E-state index contributed by atoms with van der Waals surface area (Å²) in [6.45, 7) is 2.21. The maximum atomic E-state index is 11.8. The topological polar surface area (TPSA) is 79.5 Å². The Kier molecular flexibility index (Phi) is 4.77. The van der Waals surface area contributed by atoms with E-state index in [0.29, 0.717) is 18.6 Å². The predicted octanol–water partition coefficient (Wildman–Crippen LogP) is 2.54. The Morgan fingerprint density at radius 2 is 1.95 bits per heavy atom. The molecule has 0 spiro atoms. The first-order valence-electron chi connectivity index (χ1n) is 6.69. The number of benzene rings is 1. The van der Waals surface area contributed by atoms with Gasteiger partial charge in [-0.2, -0.15) is 0 Å². The number of rotatable bonds is 6. The minimum Gasteiger partial charge on any atom is -0.475 e. The van der Waals surface area contributed by atoms with Gasteiger partial charge in [0.05, 0.1) is 6.54 Å². The number of carbonyl (C=O) groups is 2. The third-order valence-corrected chi connectivity index (χ3v) is 3.21. The summed E-state index contributed by atoms with van der Waals surface area (Å²) >= 11 is 0. The largest absolute Gasteiger partial charge is 0.475 e. The van der Waals surface area contributed by atoms with Crippen LogP contribution < -0.4 is 5.32 Å². The molecule has 0 saturated carbocycles. The second-order valence-corrected chi connectivity index (χ2v) is 4.77.